The quantitative estimate of drug-likeness (QED) is 0.648. The van der Waals surface area contributed by atoms with Crippen LogP contribution in [0.4, 0.5) is 0 Å². The zero-order valence-corrected chi connectivity index (χ0v) is 13.4. The van der Waals surface area contributed by atoms with Crippen LogP contribution in [0.3, 0.4) is 0 Å². The summed E-state index contributed by atoms with van der Waals surface area (Å²) in [6.07, 6.45) is 2.26. The highest BCUT2D eigenvalue weighted by atomic mass is 32.2. The van der Waals surface area contributed by atoms with Gasteiger partial charge in [-0.25, -0.2) is 4.68 Å². The van der Waals surface area contributed by atoms with Gasteiger partial charge in [-0.1, -0.05) is 41.6 Å². The summed E-state index contributed by atoms with van der Waals surface area (Å²) in [5, 5.41) is 21.5. The van der Waals surface area contributed by atoms with Gasteiger partial charge >= 0.3 is 0 Å². The van der Waals surface area contributed by atoms with Crippen LogP contribution in [0.2, 0.25) is 0 Å². The van der Waals surface area contributed by atoms with E-state index < -0.39 is 0 Å². The predicted molar refractivity (Wildman–Crippen MR) is 85.8 cm³/mol. The third-order valence-electron chi connectivity index (χ3n) is 3.32. The second-order valence-corrected chi connectivity index (χ2v) is 6.29. The smallest absolute Gasteiger partial charge is 0.211 e. The van der Waals surface area contributed by atoms with Crippen molar-refractivity contribution in [2.75, 3.05) is 0 Å². The van der Waals surface area contributed by atoms with E-state index in [9.17, 15) is 5.26 Å². The predicted octanol–water partition coefficient (Wildman–Crippen LogP) is 2.85. The second kappa shape index (κ2) is 7.11. The summed E-state index contributed by atoms with van der Waals surface area (Å²) in [6, 6.07) is 14.2. The maximum absolute atomic E-state index is 9.42. The molecule has 0 amide bonds. The maximum Gasteiger partial charge on any atom is 0.211 e. The molecule has 0 aliphatic rings. The molecule has 2 heterocycles. The van der Waals surface area contributed by atoms with E-state index in [-0.39, 0.29) is 5.25 Å². The summed E-state index contributed by atoms with van der Waals surface area (Å²) in [4.78, 5) is 0. The lowest BCUT2D eigenvalue weighted by Gasteiger charge is -2.08. The normalized spacial score (nSPS) is 12.0. The molecule has 23 heavy (non-hydrogen) atoms. The average Bonchev–Trinajstić information content (AvgIpc) is 3.22. The number of furan rings is 1. The Kier molecular flexibility index (Phi) is 4.74. The van der Waals surface area contributed by atoms with E-state index in [1.54, 1.807) is 10.9 Å². The monoisotopic (exact) mass is 325 g/mol. The Hall–Kier alpha value is -2.59. The molecular formula is C16H15N5OS. The summed E-state index contributed by atoms with van der Waals surface area (Å²) < 4.78 is 6.95. The van der Waals surface area contributed by atoms with Crippen molar-refractivity contribution in [1.29, 1.82) is 5.26 Å². The fraction of sp³-hybridized carbons (Fsp3) is 0.250. The summed E-state index contributed by atoms with van der Waals surface area (Å²) in [6.45, 7) is 2.49. The lowest BCUT2D eigenvalue weighted by atomic mass is 10.1. The van der Waals surface area contributed by atoms with Crippen LogP contribution in [0.1, 0.15) is 16.9 Å². The SMILES string of the molecule is Cc1ccc(CC(C#N)Sc2nnnn2Cc2ccco2)cc1. The van der Waals surface area contributed by atoms with E-state index in [0.29, 0.717) is 18.1 Å². The van der Waals surface area contributed by atoms with Gasteiger partial charge in [0.05, 0.1) is 12.3 Å². The number of nitrogens with zero attached hydrogens (tertiary/aromatic N) is 5. The van der Waals surface area contributed by atoms with Gasteiger partial charge in [-0.05, 0) is 41.5 Å². The Labute approximate surface area is 138 Å². The van der Waals surface area contributed by atoms with Crippen molar-refractivity contribution in [3.63, 3.8) is 0 Å². The molecule has 0 bridgehead atoms. The van der Waals surface area contributed by atoms with Crippen LogP contribution in [-0.4, -0.2) is 25.5 Å². The first-order chi connectivity index (χ1) is 11.2. The van der Waals surface area contributed by atoms with Crippen LogP contribution in [0.5, 0.6) is 0 Å². The third-order valence-corrected chi connectivity index (χ3v) is 4.38. The van der Waals surface area contributed by atoms with Crippen LogP contribution in [0.25, 0.3) is 0 Å². The Morgan fingerprint density at radius 1 is 1.30 bits per heavy atom. The number of thioether (sulfide) groups is 1. The minimum Gasteiger partial charge on any atom is -0.467 e. The first-order valence-electron chi connectivity index (χ1n) is 7.15. The maximum atomic E-state index is 9.42. The number of rotatable bonds is 6. The molecule has 0 radical (unpaired) electrons. The standard InChI is InChI=1S/C16H15N5OS/c1-12-4-6-13(7-5-12)9-15(10-17)23-16-18-19-20-21(16)11-14-3-2-8-22-14/h2-8,15H,9,11H2,1H3. The van der Waals surface area contributed by atoms with Crippen molar-refractivity contribution in [3.05, 3.63) is 59.5 Å². The highest BCUT2D eigenvalue weighted by molar-refractivity contribution is 8.00. The highest BCUT2D eigenvalue weighted by Crippen LogP contribution is 2.24. The molecule has 2 aromatic heterocycles. The molecule has 3 rings (SSSR count). The van der Waals surface area contributed by atoms with Gasteiger partial charge in [0.25, 0.3) is 0 Å². The van der Waals surface area contributed by atoms with Crippen molar-refractivity contribution >= 4 is 11.8 Å². The van der Waals surface area contributed by atoms with Crippen LogP contribution < -0.4 is 0 Å². The minimum atomic E-state index is -0.251. The first kappa shape index (κ1) is 15.3. The van der Waals surface area contributed by atoms with Gasteiger partial charge < -0.3 is 4.42 Å². The molecule has 1 atom stereocenters. The zero-order valence-electron chi connectivity index (χ0n) is 12.6. The number of nitriles is 1. The fourth-order valence-electron chi connectivity index (χ4n) is 2.11. The molecule has 0 saturated heterocycles. The van der Waals surface area contributed by atoms with Crippen molar-refractivity contribution in [2.45, 2.75) is 30.3 Å². The Balaban J connectivity index is 1.69. The molecule has 0 fully saturated rings. The Morgan fingerprint density at radius 2 is 2.13 bits per heavy atom. The number of hydrogen-bond donors (Lipinski definition) is 0. The molecule has 7 heteroatoms. The van der Waals surface area contributed by atoms with E-state index in [4.69, 9.17) is 4.42 Å². The van der Waals surface area contributed by atoms with Crippen LogP contribution in [0.15, 0.2) is 52.2 Å². The van der Waals surface area contributed by atoms with Gasteiger partial charge in [0, 0.05) is 0 Å². The molecule has 3 aromatic rings. The molecule has 1 aromatic carbocycles. The van der Waals surface area contributed by atoms with Crippen molar-refractivity contribution in [1.82, 2.24) is 20.2 Å². The summed E-state index contributed by atoms with van der Waals surface area (Å²) in [5.41, 5.74) is 2.33. The van der Waals surface area contributed by atoms with Crippen molar-refractivity contribution in [2.24, 2.45) is 0 Å². The summed E-state index contributed by atoms with van der Waals surface area (Å²) in [5.74, 6) is 0.770. The van der Waals surface area contributed by atoms with Gasteiger partial charge in [-0.3, -0.25) is 0 Å². The molecule has 0 saturated carbocycles. The number of aromatic nitrogens is 4. The van der Waals surface area contributed by atoms with Crippen LogP contribution >= 0.6 is 11.8 Å². The zero-order chi connectivity index (χ0) is 16.1. The van der Waals surface area contributed by atoms with Crippen molar-refractivity contribution in [3.8, 4) is 6.07 Å². The Bertz CT molecular complexity index is 789. The molecule has 0 aliphatic heterocycles. The molecule has 0 aliphatic carbocycles. The van der Waals surface area contributed by atoms with E-state index in [1.165, 1.54) is 17.3 Å². The van der Waals surface area contributed by atoms with Crippen molar-refractivity contribution < 1.29 is 4.42 Å². The van der Waals surface area contributed by atoms with Crippen LogP contribution in [0, 0.1) is 18.3 Å². The van der Waals surface area contributed by atoms with E-state index in [0.717, 1.165) is 11.3 Å². The third kappa shape index (κ3) is 3.99. The van der Waals surface area contributed by atoms with Gasteiger partial charge in [0.15, 0.2) is 0 Å². The summed E-state index contributed by atoms with van der Waals surface area (Å²) in [7, 11) is 0. The van der Waals surface area contributed by atoms with Gasteiger partial charge in [0.2, 0.25) is 5.16 Å². The number of benzene rings is 1. The first-order valence-corrected chi connectivity index (χ1v) is 8.03. The molecule has 116 valence electrons. The number of tetrazole rings is 1. The van der Waals surface area contributed by atoms with Crippen LogP contribution in [-0.2, 0) is 13.0 Å². The molecule has 6 nitrogen and oxygen atoms in total. The topological polar surface area (TPSA) is 80.5 Å². The lowest BCUT2D eigenvalue weighted by Crippen LogP contribution is -2.08. The van der Waals surface area contributed by atoms with Gasteiger partial charge in [-0.15, -0.1) is 5.10 Å². The molecular weight excluding hydrogens is 310 g/mol. The fourth-order valence-corrected chi connectivity index (χ4v) is 3.00. The van der Waals surface area contributed by atoms with Gasteiger partial charge in [-0.2, -0.15) is 5.26 Å². The number of aryl methyl sites for hydroxylation is 1. The number of hydrogen-bond acceptors (Lipinski definition) is 6. The molecule has 1 unspecified atom stereocenters. The van der Waals surface area contributed by atoms with Gasteiger partial charge in [0.1, 0.15) is 17.6 Å². The highest BCUT2D eigenvalue weighted by Gasteiger charge is 2.16. The molecule has 0 spiro atoms. The Morgan fingerprint density at radius 3 is 2.83 bits per heavy atom. The van der Waals surface area contributed by atoms with E-state index in [1.807, 2.05) is 31.2 Å². The summed E-state index contributed by atoms with van der Waals surface area (Å²) >= 11 is 1.37. The second-order valence-electron chi connectivity index (χ2n) is 5.12. The van der Waals surface area contributed by atoms with E-state index >= 15 is 0 Å². The molecule has 0 N–H and O–H groups in total. The minimum absolute atomic E-state index is 0.251. The largest absolute Gasteiger partial charge is 0.467 e. The lowest BCUT2D eigenvalue weighted by molar-refractivity contribution is 0.462. The van der Waals surface area contributed by atoms with E-state index in [2.05, 4.69) is 33.7 Å². The average molecular weight is 325 g/mol.